The van der Waals surface area contributed by atoms with Crippen molar-refractivity contribution in [3.8, 4) is 0 Å². The topological polar surface area (TPSA) is 23.6 Å². The Morgan fingerprint density at radius 3 is 1.81 bits per heavy atom. The van der Waals surface area contributed by atoms with Crippen LogP contribution in [-0.2, 0) is 4.79 Å². The van der Waals surface area contributed by atoms with E-state index in [4.69, 9.17) is 0 Å². The van der Waals surface area contributed by atoms with E-state index in [-0.39, 0.29) is 17.9 Å². The minimum absolute atomic E-state index is 0.0465. The van der Waals surface area contributed by atoms with Crippen LogP contribution in [0.1, 0.15) is 47.6 Å². The summed E-state index contributed by atoms with van der Waals surface area (Å²) in [5.74, 6) is 0.217. The standard InChI is InChI=1S/C28H32N2O/c1-3-26(23-10-6-4-7-11-23)28(31)30-20-18-29(19-21-30)27(24-12-8-5-9-13-24)25-16-14-22(2)15-17-25/h4-17,26-27H,3,18-21H2,1-2H3. The molecule has 31 heavy (non-hydrogen) atoms. The Labute approximate surface area is 186 Å². The summed E-state index contributed by atoms with van der Waals surface area (Å²) in [6.45, 7) is 7.54. The van der Waals surface area contributed by atoms with Gasteiger partial charge in [-0.25, -0.2) is 0 Å². The molecular weight excluding hydrogens is 380 g/mol. The molecule has 0 aliphatic carbocycles. The molecular formula is C28H32N2O. The highest BCUT2D eigenvalue weighted by atomic mass is 16.2. The van der Waals surface area contributed by atoms with E-state index in [0.717, 1.165) is 38.2 Å². The van der Waals surface area contributed by atoms with Gasteiger partial charge in [-0.15, -0.1) is 0 Å². The molecule has 0 saturated carbocycles. The van der Waals surface area contributed by atoms with E-state index >= 15 is 0 Å². The van der Waals surface area contributed by atoms with Crippen LogP contribution in [-0.4, -0.2) is 41.9 Å². The highest BCUT2D eigenvalue weighted by Crippen LogP contribution is 2.30. The first-order valence-corrected chi connectivity index (χ1v) is 11.4. The van der Waals surface area contributed by atoms with Crippen molar-refractivity contribution in [2.24, 2.45) is 0 Å². The van der Waals surface area contributed by atoms with Gasteiger partial charge in [0.05, 0.1) is 12.0 Å². The van der Waals surface area contributed by atoms with Crippen molar-refractivity contribution in [2.45, 2.75) is 32.2 Å². The van der Waals surface area contributed by atoms with E-state index < -0.39 is 0 Å². The van der Waals surface area contributed by atoms with Crippen molar-refractivity contribution in [3.63, 3.8) is 0 Å². The lowest BCUT2D eigenvalue weighted by Gasteiger charge is -2.40. The lowest BCUT2D eigenvalue weighted by molar-refractivity contribution is -0.134. The van der Waals surface area contributed by atoms with Gasteiger partial charge < -0.3 is 4.90 Å². The summed E-state index contributed by atoms with van der Waals surface area (Å²) >= 11 is 0. The normalized spacial score (nSPS) is 16.6. The number of benzene rings is 3. The van der Waals surface area contributed by atoms with Gasteiger partial charge in [0.15, 0.2) is 0 Å². The first-order chi connectivity index (χ1) is 15.2. The van der Waals surface area contributed by atoms with Crippen molar-refractivity contribution >= 4 is 5.91 Å². The largest absolute Gasteiger partial charge is 0.340 e. The summed E-state index contributed by atoms with van der Waals surface area (Å²) in [7, 11) is 0. The SMILES string of the molecule is CCC(C(=O)N1CCN(C(c2ccccc2)c2ccc(C)cc2)CC1)c1ccccc1. The molecule has 1 aliphatic heterocycles. The summed E-state index contributed by atoms with van der Waals surface area (Å²) in [4.78, 5) is 17.9. The third-order valence-electron chi connectivity index (χ3n) is 6.41. The first kappa shape index (κ1) is 21.3. The van der Waals surface area contributed by atoms with Crippen LogP contribution in [0.25, 0.3) is 0 Å². The maximum absolute atomic E-state index is 13.3. The van der Waals surface area contributed by atoms with Gasteiger partial charge in [-0.05, 0) is 30.0 Å². The third kappa shape index (κ3) is 4.88. The number of aryl methyl sites for hydroxylation is 1. The molecule has 3 heteroatoms. The molecule has 3 nitrogen and oxygen atoms in total. The zero-order valence-corrected chi connectivity index (χ0v) is 18.6. The molecule has 1 saturated heterocycles. The van der Waals surface area contributed by atoms with Crippen LogP contribution in [0.2, 0.25) is 0 Å². The number of hydrogen-bond acceptors (Lipinski definition) is 2. The molecule has 3 aromatic rings. The van der Waals surface area contributed by atoms with E-state index in [1.54, 1.807) is 0 Å². The minimum atomic E-state index is -0.0465. The minimum Gasteiger partial charge on any atom is -0.340 e. The molecule has 4 rings (SSSR count). The molecule has 3 aromatic carbocycles. The average molecular weight is 413 g/mol. The number of carbonyl (C=O) groups excluding carboxylic acids is 1. The van der Waals surface area contributed by atoms with Crippen LogP contribution in [0.5, 0.6) is 0 Å². The van der Waals surface area contributed by atoms with Gasteiger partial charge in [-0.3, -0.25) is 9.69 Å². The Hall–Kier alpha value is -2.91. The molecule has 1 aliphatic rings. The predicted molar refractivity (Wildman–Crippen MR) is 127 cm³/mol. The van der Waals surface area contributed by atoms with Crippen LogP contribution < -0.4 is 0 Å². The number of nitrogens with zero attached hydrogens (tertiary/aromatic N) is 2. The maximum atomic E-state index is 13.3. The molecule has 0 aromatic heterocycles. The highest BCUT2D eigenvalue weighted by Gasteiger charge is 2.31. The first-order valence-electron chi connectivity index (χ1n) is 11.4. The zero-order chi connectivity index (χ0) is 21.6. The summed E-state index contributed by atoms with van der Waals surface area (Å²) in [5, 5.41) is 0. The third-order valence-corrected chi connectivity index (χ3v) is 6.41. The van der Waals surface area contributed by atoms with E-state index in [0.29, 0.717) is 0 Å². The second-order valence-corrected chi connectivity index (χ2v) is 8.46. The van der Waals surface area contributed by atoms with Gasteiger partial charge in [0, 0.05) is 26.2 Å². The van der Waals surface area contributed by atoms with Gasteiger partial charge in [0.25, 0.3) is 0 Å². The molecule has 2 atom stereocenters. The van der Waals surface area contributed by atoms with Crippen molar-refractivity contribution in [1.29, 1.82) is 0 Å². The van der Waals surface area contributed by atoms with E-state index in [9.17, 15) is 4.79 Å². The fourth-order valence-corrected chi connectivity index (χ4v) is 4.66. The van der Waals surface area contributed by atoms with Crippen molar-refractivity contribution in [2.75, 3.05) is 26.2 Å². The molecule has 0 radical (unpaired) electrons. The Morgan fingerprint density at radius 1 is 0.742 bits per heavy atom. The number of carbonyl (C=O) groups is 1. The lowest BCUT2D eigenvalue weighted by Crippen LogP contribution is -2.51. The van der Waals surface area contributed by atoms with Gasteiger partial charge in [-0.2, -0.15) is 0 Å². The summed E-state index contributed by atoms with van der Waals surface area (Å²) in [5.41, 5.74) is 5.02. The fraction of sp³-hybridized carbons (Fsp3) is 0.321. The summed E-state index contributed by atoms with van der Waals surface area (Å²) in [6, 6.07) is 30.0. The van der Waals surface area contributed by atoms with Gasteiger partial charge in [0.2, 0.25) is 5.91 Å². The van der Waals surface area contributed by atoms with Crippen LogP contribution in [0, 0.1) is 6.92 Å². The average Bonchev–Trinajstić information content (AvgIpc) is 2.83. The van der Waals surface area contributed by atoms with E-state index in [1.165, 1.54) is 16.7 Å². The van der Waals surface area contributed by atoms with E-state index in [1.807, 2.05) is 18.2 Å². The molecule has 1 heterocycles. The molecule has 1 amide bonds. The Bertz CT molecular complexity index is 961. The Kier molecular flexibility index (Phi) is 6.83. The monoisotopic (exact) mass is 412 g/mol. The zero-order valence-electron chi connectivity index (χ0n) is 18.6. The number of piperazine rings is 1. The quantitative estimate of drug-likeness (QED) is 0.539. The molecule has 0 spiro atoms. The fourth-order valence-electron chi connectivity index (χ4n) is 4.66. The van der Waals surface area contributed by atoms with Gasteiger partial charge in [-0.1, -0.05) is 97.4 Å². The summed E-state index contributed by atoms with van der Waals surface area (Å²) in [6.07, 6.45) is 0.832. The van der Waals surface area contributed by atoms with Gasteiger partial charge in [0.1, 0.15) is 0 Å². The van der Waals surface area contributed by atoms with Crippen molar-refractivity contribution in [1.82, 2.24) is 9.80 Å². The number of rotatable bonds is 6. The highest BCUT2D eigenvalue weighted by molar-refractivity contribution is 5.83. The Balaban J connectivity index is 1.50. The predicted octanol–water partition coefficient (Wildman–Crippen LogP) is 5.42. The van der Waals surface area contributed by atoms with Crippen LogP contribution in [0.3, 0.4) is 0 Å². The van der Waals surface area contributed by atoms with E-state index in [2.05, 4.69) is 90.4 Å². The molecule has 2 unspecified atom stereocenters. The number of hydrogen-bond donors (Lipinski definition) is 0. The molecule has 1 fully saturated rings. The van der Waals surface area contributed by atoms with Crippen molar-refractivity contribution < 1.29 is 4.79 Å². The maximum Gasteiger partial charge on any atom is 0.230 e. The molecule has 0 bridgehead atoms. The number of amides is 1. The van der Waals surface area contributed by atoms with Gasteiger partial charge >= 0.3 is 0 Å². The molecule has 0 N–H and O–H groups in total. The molecule has 160 valence electrons. The van der Waals surface area contributed by atoms with Crippen molar-refractivity contribution in [3.05, 3.63) is 107 Å². The summed E-state index contributed by atoms with van der Waals surface area (Å²) < 4.78 is 0. The second kappa shape index (κ2) is 9.93. The smallest absolute Gasteiger partial charge is 0.230 e. The van der Waals surface area contributed by atoms with Crippen LogP contribution >= 0.6 is 0 Å². The lowest BCUT2D eigenvalue weighted by atomic mass is 9.94. The second-order valence-electron chi connectivity index (χ2n) is 8.46. The van der Waals surface area contributed by atoms with Crippen LogP contribution in [0.15, 0.2) is 84.9 Å². The Morgan fingerprint density at radius 2 is 1.26 bits per heavy atom. The van der Waals surface area contributed by atoms with Crippen LogP contribution in [0.4, 0.5) is 0 Å².